The van der Waals surface area contributed by atoms with Crippen LogP contribution in [-0.4, -0.2) is 0 Å². The highest BCUT2D eigenvalue weighted by Crippen LogP contribution is 0.869. The number of nitrogens with zero attached hydrogens (tertiary/aromatic N) is 1. The standard InChI is InChI=1S/4C2H4.H2N3/c4*1-2;1-3-2/h4*1-2H2;1-2H/q;;;;+1. The normalized spacial score (nSPS) is 2.18. The Hall–Kier alpha value is -1.73. The van der Waals surface area contributed by atoms with Gasteiger partial charge in [-0.1, -0.05) is 0 Å². The molecule has 0 fully saturated rings. The van der Waals surface area contributed by atoms with Gasteiger partial charge in [-0.15, -0.1) is 52.6 Å². The van der Waals surface area contributed by atoms with E-state index in [4.69, 9.17) is 11.1 Å². The molecule has 0 saturated carbocycles. The molecule has 0 saturated heterocycles. The van der Waals surface area contributed by atoms with Crippen LogP contribution in [0.5, 0.6) is 0 Å². The van der Waals surface area contributed by atoms with Gasteiger partial charge in [0, 0.05) is 0 Å². The minimum absolute atomic E-state index is 2.00. The minimum atomic E-state index is 2.00. The van der Waals surface area contributed by atoms with E-state index in [2.05, 4.69) is 52.6 Å². The first-order valence-corrected chi connectivity index (χ1v) is 2.45. The van der Waals surface area contributed by atoms with Crippen LogP contribution >= 0.6 is 0 Å². The summed E-state index contributed by atoms with van der Waals surface area (Å²) in [5, 5.41) is 0. The first kappa shape index (κ1) is 34.8. The lowest BCUT2D eigenvalue weighted by molar-refractivity contribution is 0.928. The van der Waals surface area contributed by atoms with E-state index in [0.29, 0.717) is 0 Å². The molecule has 0 radical (unpaired) electrons. The summed E-state index contributed by atoms with van der Waals surface area (Å²) in [7, 11) is 0. The van der Waals surface area contributed by atoms with E-state index in [9.17, 15) is 0 Å². The average molecular weight is 156 g/mol. The summed E-state index contributed by atoms with van der Waals surface area (Å²) >= 11 is 0. The largest absolute Gasteiger partial charge is 0.211 e. The number of nitrogens with one attached hydrogen (secondary N) is 2. The molecule has 11 heavy (non-hydrogen) atoms. The van der Waals surface area contributed by atoms with Crippen LogP contribution in [-0.2, 0) is 0 Å². The molecule has 0 spiro atoms. The predicted octanol–water partition coefficient (Wildman–Crippen LogP) is 3.32. The zero-order valence-electron chi connectivity index (χ0n) is 7.10. The lowest BCUT2D eigenvalue weighted by Gasteiger charge is -0.844. The van der Waals surface area contributed by atoms with Gasteiger partial charge in [-0.2, -0.15) is 0 Å². The van der Waals surface area contributed by atoms with Crippen LogP contribution in [0.15, 0.2) is 52.6 Å². The Morgan fingerprint density at radius 3 is 0.545 bits per heavy atom. The highest BCUT2D eigenvalue weighted by molar-refractivity contribution is 4.23. The molecular weight excluding hydrogens is 138 g/mol. The SMILES string of the molecule is C=C.C=C.C=C.C=C.N=[N+]=N. The van der Waals surface area contributed by atoms with Crippen LogP contribution in [0.2, 0.25) is 0 Å². The van der Waals surface area contributed by atoms with Gasteiger partial charge in [-0.05, 0) is 0 Å². The van der Waals surface area contributed by atoms with Crippen molar-refractivity contribution >= 4 is 0 Å². The second-order valence-corrected chi connectivity index (χ2v) is 0.112. The molecule has 0 unspecified atom stereocenters. The molecular formula is C8H18N3+. The maximum atomic E-state index is 5.50. The third-order valence-electron chi connectivity index (χ3n) is 0. The zero-order valence-corrected chi connectivity index (χ0v) is 7.10. The molecule has 64 valence electrons. The molecule has 0 aromatic rings. The van der Waals surface area contributed by atoms with E-state index in [-0.39, 0.29) is 0 Å². The first-order chi connectivity index (χ1) is 5.41. The molecule has 0 atom stereocenters. The van der Waals surface area contributed by atoms with Crippen molar-refractivity contribution in [2.45, 2.75) is 0 Å². The Morgan fingerprint density at radius 2 is 0.545 bits per heavy atom. The van der Waals surface area contributed by atoms with Crippen molar-refractivity contribution < 1.29 is 0 Å². The fourth-order valence-electron chi connectivity index (χ4n) is 0. The summed E-state index contributed by atoms with van der Waals surface area (Å²) in [6, 6.07) is 0. The number of hydrogen-bond donors (Lipinski definition) is 2. The fourth-order valence-corrected chi connectivity index (χ4v) is 0. The number of rotatable bonds is 0. The molecule has 0 aromatic heterocycles. The summed E-state index contributed by atoms with van der Waals surface area (Å²) in [5.74, 6) is 0. The summed E-state index contributed by atoms with van der Waals surface area (Å²) < 4.78 is 0. The average Bonchev–Trinajstić information content (AvgIpc) is 2.18. The second-order valence-electron chi connectivity index (χ2n) is 0.112. The van der Waals surface area contributed by atoms with Gasteiger partial charge in [0.25, 0.3) is 0 Å². The lowest BCUT2D eigenvalue weighted by atomic mass is 11.3. The van der Waals surface area contributed by atoms with Gasteiger partial charge in [0.1, 0.15) is 11.1 Å². The van der Waals surface area contributed by atoms with Gasteiger partial charge in [0.15, 0.2) is 0 Å². The highest BCUT2D eigenvalue weighted by Gasteiger charge is 1.16. The molecule has 0 rings (SSSR count). The molecule has 0 aliphatic rings. The molecule has 0 aliphatic carbocycles. The van der Waals surface area contributed by atoms with Crippen molar-refractivity contribution in [3.8, 4) is 0 Å². The van der Waals surface area contributed by atoms with Gasteiger partial charge in [0.2, 0.25) is 4.91 Å². The van der Waals surface area contributed by atoms with Crippen LogP contribution < -0.4 is 4.91 Å². The molecule has 0 bridgehead atoms. The molecule has 2 N–H and O–H groups in total. The molecule has 3 nitrogen and oxygen atoms in total. The van der Waals surface area contributed by atoms with Crippen molar-refractivity contribution in [1.29, 1.82) is 11.1 Å². The molecule has 0 aromatic carbocycles. The Kier molecular flexibility index (Phi) is 2590. The van der Waals surface area contributed by atoms with Crippen LogP contribution in [0.1, 0.15) is 0 Å². The second kappa shape index (κ2) is 820. The van der Waals surface area contributed by atoms with Gasteiger partial charge in [0.05, 0.1) is 0 Å². The van der Waals surface area contributed by atoms with Crippen molar-refractivity contribution in [1.82, 2.24) is 4.91 Å². The Labute approximate surface area is 69.5 Å². The topological polar surface area (TPSA) is 61.8 Å². The maximum absolute atomic E-state index is 5.50. The molecule has 0 amide bonds. The van der Waals surface area contributed by atoms with E-state index < -0.39 is 0 Å². The Morgan fingerprint density at radius 1 is 0.545 bits per heavy atom. The molecule has 3 heteroatoms. The van der Waals surface area contributed by atoms with E-state index in [1.165, 1.54) is 0 Å². The first-order valence-electron chi connectivity index (χ1n) is 2.45. The van der Waals surface area contributed by atoms with Crippen molar-refractivity contribution in [2.24, 2.45) is 0 Å². The maximum Gasteiger partial charge on any atom is 0.211 e. The smallest absolute Gasteiger partial charge is 0.106 e. The lowest BCUT2D eigenvalue weighted by Crippen LogP contribution is -1.24. The Bertz CT molecular complexity index is 57.7. The highest BCUT2D eigenvalue weighted by atomic mass is 15.0. The predicted molar refractivity (Wildman–Crippen MR) is 52.6 cm³/mol. The summed E-state index contributed by atoms with van der Waals surface area (Å²) in [4.78, 5) is 2.00. The van der Waals surface area contributed by atoms with Gasteiger partial charge >= 0.3 is 0 Å². The van der Waals surface area contributed by atoms with Crippen LogP contribution in [0.4, 0.5) is 0 Å². The van der Waals surface area contributed by atoms with E-state index in [1.807, 2.05) is 4.91 Å². The van der Waals surface area contributed by atoms with Crippen molar-refractivity contribution in [3.63, 3.8) is 0 Å². The minimum Gasteiger partial charge on any atom is -0.106 e. The monoisotopic (exact) mass is 156 g/mol. The number of hydrogen-bond acceptors (Lipinski definition) is 2. The van der Waals surface area contributed by atoms with Crippen LogP contribution in [0, 0.1) is 11.1 Å². The third kappa shape index (κ3) is 109. The summed E-state index contributed by atoms with van der Waals surface area (Å²) in [6.07, 6.45) is 0. The van der Waals surface area contributed by atoms with Crippen molar-refractivity contribution in [2.75, 3.05) is 0 Å². The third-order valence-corrected chi connectivity index (χ3v) is 0. The van der Waals surface area contributed by atoms with E-state index >= 15 is 0 Å². The summed E-state index contributed by atoms with van der Waals surface area (Å²) in [6.45, 7) is 24.0. The van der Waals surface area contributed by atoms with Crippen LogP contribution in [0.3, 0.4) is 0 Å². The molecule has 0 aliphatic heterocycles. The van der Waals surface area contributed by atoms with E-state index in [1.54, 1.807) is 0 Å². The van der Waals surface area contributed by atoms with Gasteiger partial charge in [-0.3, -0.25) is 0 Å². The summed E-state index contributed by atoms with van der Waals surface area (Å²) in [5.41, 5.74) is 11.0. The Balaban J connectivity index is -0.0000000139. The van der Waals surface area contributed by atoms with Gasteiger partial charge in [-0.25, -0.2) is 0 Å². The molecule has 0 heterocycles. The van der Waals surface area contributed by atoms with Gasteiger partial charge < -0.3 is 0 Å². The fraction of sp³-hybridized carbons (Fsp3) is 0. The van der Waals surface area contributed by atoms with E-state index in [0.717, 1.165) is 0 Å². The van der Waals surface area contributed by atoms with Crippen molar-refractivity contribution in [3.05, 3.63) is 52.6 Å². The zero-order chi connectivity index (χ0) is 10.7. The quantitative estimate of drug-likeness (QED) is 0.307. The van der Waals surface area contributed by atoms with Crippen LogP contribution in [0.25, 0.3) is 0 Å².